The van der Waals surface area contributed by atoms with E-state index in [1.54, 1.807) is 0 Å². The highest BCUT2D eigenvalue weighted by molar-refractivity contribution is 5.18. The van der Waals surface area contributed by atoms with Gasteiger partial charge in [-0.15, -0.1) is 0 Å². The van der Waals surface area contributed by atoms with E-state index in [1.165, 1.54) is 5.56 Å². The van der Waals surface area contributed by atoms with E-state index >= 15 is 0 Å². The minimum Gasteiger partial charge on any atom is -0.393 e. The lowest BCUT2D eigenvalue weighted by atomic mass is 10.1. The van der Waals surface area contributed by atoms with Crippen LogP contribution in [-0.4, -0.2) is 18.3 Å². The topological polar surface area (TPSA) is 29.5 Å². The van der Waals surface area contributed by atoms with Crippen molar-refractivity contribution in [3.8, 4) is 0 Å². The Morgan fingerprint density at radius 2 is 1.50 bits per heavy atom. The first kappa shape index (κ1) is 12.8. The van der Waals surface area contributed by atoms with Crippen LogP contribution in [0.3, 0.4) is 0 Å². The van der Waals surface area contributed by atoms with Gasteiger partial charge in [-0.3, -0.25) is 0 Å². The van der Waals surface area contributed by atoms with Crippen molar-refractivity contribution in [1.82, 2.24) is 0 Å². The molecule has 0 aliphatic carbocycles. The zero-order valence-corrected chi connectivity index (χ0v) is 10.3. The van der Waals surface area contributed by atoms with Gasteiger partial charge in [0.25, 0.3) is 0 Å². The number of benzene rings is 2. The molecule has 0 heterocycles. The van der Waals surface area contributed by atoms with Gasteiger partial charge in [-0.05, 0) is 17.5 Å². The van der Waals surface area contributed by atoms with E-state index in [4.69, 9.17) is 4.74 Å². The monoisotopic (exact) mass is 242 g/mol. The number of aliphatic hydroxyl groups is 1. The average Bonchev–Trinajstić information content (AvgIpc) is 2.46. The van der Waals surface area contributed by atoms with Crippen molar-refractivity contribution in [1.29, 1.82) is 0 Å². The van der Waals surface area contributed by atoms with Gasteiger partial charge in [0.1, 0.15) is 6.10 Å². The number of hydrogen-bond donors (Lipinski definition) is 1. The van der Waals surface area contributed by atoms with Crippen LogP contribution in [0.2, 0.25) is 0 Å². The van der Waals surface area contributed by atoms with E-state index in [2.05, 4.69) is 12.1 Å². The average molecular weight is 242 g/mol. The lowest BCUT2D eigenvalue weighted by Gasteiger charge is -2.15. The third-order valence-corrected chi connectivity index (χ3v) is 2.89. The highest BCUT2D eigenvalue weighted by atomic mass is 16.5. The first-order valence-electron chi connectivity index (χ1n) is 6.21. The van der Waals surface area contributed by atoms with Crippen LogP contribution in [-0.2, 0) is 11.2 Å². The van der Waals surface area contributed by atoms with Gasteiger partial charge in [-0.2, -0.15) is 0 Å². The van der Waals surface area contributed by atoms with E-state index in [-0.39, 0.29) is 12.7 Å². The molecule has 0 saturated heterocycles. The summed E-state index contributed by atoms with van der Waals surface area (Å²) in [4.78, 5) is 0. The van der Waals surface area contributed by atoms with Gasteiger partial charge in [-0.25, -0.2) is 0 Å². The third-order valence-electron chi connectivity index (χ3n) is 2.89. The Balaban J connectivity index is 1.85. The molecule has 1 atom stereocenters. The van der Waals surface area contributed by atoms with Gasteiger partial charge in [0.2, 0.25) is 0 Å². The molecule has 18 heavy (non-hydrogen) atoms. The zero-order chi connectivity index (χ0) is 12.6. The number of hydrogen-bond acceptors (Lipinski definition) is 2. The summed E-state index contributed by atoms with van der Waals surface area (Å²) in [6, 6.07) is 20.0. The highest BCUT2D eigenvalue weighted by Gasteiger charge is 2.09. The Bertz CT molecular complexity index is 439. The van der Waals surface area contributed by atoms with E-state index in [0.717, 1.165) is 12.0 Å². The molecule has 2 aromatic carbocycles. The lowest BCUT2D eigenvalue weighted by Crippen LogP contribution is -2.11. The quantitative estimate of drug-likeness (QED) is 0.843. The normalized spacial score (nSPS) is 12.3. The molecule has 0 radical (unpaired) electrons. The van der Waals surface area contributed by atoms with Crippen molar-refractivity contribution in [3.05, 3.63) is 71.8 Å². The van der Waals surface area contributed by atoms with Crippen LogP contribution in [0.15, 0.2) is 60.7 Å². The number of ether oxygens (including phenoxy) is 1. The molecule has 1 unspecified atom stereocenters. The van der Waals surface area contributed by atoms with E-state index < -0.39 is 0 Å². The molecule has 2 rings (SSSR count). The van der Waals surface area contributed by atoms with Crippen molar-refractivity contribution < 1.29 is 9.84 Å². The van der Waals surface area contributed by atoms with Gasteiger partial charge < -0.3 is 9.84 Å². The summed E-state index contributed by atoms with van der Waals surface area (Å²) < 4.78 is 5.73. The number of aliphatic hydroxyl groups excluding tert-OH is 1. The fourth-order valence-electron chi connectivity index (χ4n) is 1.89. The molecule has 0 saturated carbocycles. The largest absolute Gasteiger partial charge is 0.393 e. The molecule has 2 nitrogen and oxygen atoms in total. The minimum absolute atomic E-state index is 0.0127. The summed E-state index contributed by atoms with van der Waals surface area (Å²) in [7, 11) is 0. The van der Waals surface area contributed by atoms with Crippen LogP contribution >= 0.6 is 0 Å². The molecule has 1 N–H and O–H groups in total. The van der Waals surface area contributed by atoms with Crippen molar-refractivity contribution >= 4 is 0 Å². The predicted molar refractivity (Wildman–Crippen MR) is 72.4 cm³/mol. The number of rotatable bonds is 6. The molecule has 2 aromatic rings. The second-order valence-corrected chi connectivity index (χ2v) is 4.19. The molecule has 0 aliphatic heterocycles. The summed E-state index contributed by atoms with van der Waals surface area (Å²) in [5.74, 6) is 0. The smallest absolute Gasteiger partial charge is 0.106 e. The standard InChI is InChI=1S/C16H18O2/c17-13-16(15-9-5-2-6-10-15)18-12-11-14-7-3-1-4-8-14/h1-10,16-17H,11-13H2. The third kappa shape index (κ3) is 3.69. The second-order valence-electron chi connectivity index (χ2n) is 4.19. The Hall–Kier alpha value is -1.64. The van der Waals surface area contributed by atoms with Crippen molar-refractivity contribution in [2.45, 2.75) is 12.5 Å². The summed E-state index contributed by atoms with van der Waals surface area (Å²) in [6.07, 6.45) is 0.638. The minimum atomic E-state index is -0.227. The highest BCUT2D eigenvalue weighted by Crippen LogP contribution is 2.16. The molecule has 0 aliphatic rings. The molecule has 2 heteroatoms. The zero-order valence-electron chi connectivity index (χ0n) is 10.3. The predicted octanol–water partition coefficient (Wildman–Crippen LogP) is 2.98. The maximum Gasteiger partial charge on any atom is 0.106 e. The Labute approximate surface area is 108 Å². The van der Waals surface area contributed by atoms with Crippen molar-refractivity contribution in [3.63, 3.8) is 0 Å². The fraction of sp³-hybridized carbons (Fsp3) is 0.250. The fourth-order valence-corrected chi connectivity index (χ4v) is 1.89. The van der Waals surface area contributed by atoms with Gasteiger partial charge in [0, 0.05) is 0 Å². The SMILES string of the molecule is OCC(OCCc1ccccc1)c1ccccc1. The molecular weight excluding hydrogens is 224 g/mol. The van der Waals surface area contributed by atoms with E-state index in [1.807, 2.05) is 48.5 Å². The van der Waals surface area contributed by atoms with E-state index in [9.17, 15) is 5.11 Å². The lowest BCUT2D eigenvalue weighted by molar-refractivity contribution is 0.0133. The van der Waals surface area contributed by atoms with Crippen molar-refractivity contribution in [2.75, 3.05) is 13.2 Å². The molecule has 0 spiro atoms. The first-order chi connectivity index (χ1) is 8.90. The van der Waals surface area contributed by atoms with Gasteiger partial charge >= 0.3 is 0 Å². The molecule has 94 valence electrons. The van der Waals surface area contributed by atoms with Gasteiger partial charge in [0.05, 0.1) is 13.2 Å². The maximum atomic E-state index is 9.35. The molecule has 0 amide bonds. The molecule has 0 fully saturated rings. The van der Waals surface area contributed by atoms with Crippen LogP contribution in [0.5, 0.6) is 0 Å². The summed E-state index contributed by atoms with van der Waals surface area (Å²) in [6.45, 7) is 0.628. The van der Waals surface area contributed by atoms with Crippen LogP contribution < -0.4 is 0 Å². The first-order valence-corrected chi connectivity index (χ1v) is 6.21. The molecular formula is C16H18O2. The Morgan fingerprint density at radius 1 is 0.889 bits per heavy atom. The summed E-state index contributed by atoms with van der Waals surface area (Å²) in [5, 5.41) is 9.35. The van der Waals surface area contributed by atoms with Crippen LogP contribution in [0.1, 0.15) is 17.2 Å². The van der Waals surface area contributed by atoms with Crippen LogP contribution in [0, 0.1) is 0 Å². The molecule has 0 aromatic heterocycles. The summed E-state index contributed by atoms with van der Waals surface area (Å²) >= 11 is 0. The van der Waals surface area contributed by atoms with E-state index in [0.29, 0.717) is 6.61 Å². The van der Waals surface area contributed by atoms with Crippen LogP contribution in [0.4, 0.5) is 0 Å². The second kappa shape index (κ2) is 6.94. The Kier molecular flexibility index (Phi) is 4.94. The Morgan fingerprint density at radius 3 is 2.11 bits per heavy atom. The van der Waals surface area contributed by atoms with Gasteiger partial charge in [-0.1, -0.05) is 60.7 Å². The van der Waals surface area contributed by atoms with Crippen LogP contribution in [0.25, 0.3) is 0 Å². The summed E-state index contributed by atoms with van der Waals surface area (Å²) in [5.41, 5.74) is 2.27. The maximum absolute atomic E-state index is 9.35. The van der Waals surface area contributed by atoms with Gasteiger partial charge in [0.15, 0.2) is 0 Å². The van der Waals surface area contributed by atoms with Crippen molar-refractivity contribution in [2.24, 2.45) is 0 Å². The molecule has 0 bridgehead atoms.